The van der Waals surface area contributed by atoms with E-state index in [-0.39, 0.29) is 5.91 Å². The number of amides is 1. The number of hydrogen-bond donors (Lipinski definition) is 2. The van der Waals surface area contributed by atoms with Crippen LogP contribution in [0, 0.1) is 13.8 Å². The number of nitrogens with one attached hydrogen (secondary N) is 1. The average molecular weight is 359 g/mol. The number of rotatable bonds is 1. The standard InChI is InChI=1S/C22H21N3O2/c1-11-6-4-5-7-13(11)17-12(2)14-8-9-16-15(10-25(3)24-16)18(14)20-19(17)21(26)23-22(20)27/h4-7,10,21,26H,8-9H2,1-3H3,(H,23,27). The van der Waals surface area contributed by atoms with Crippen molar-refractivity contribution < 1.29 is 9.90 Å². The molecule has 136 valence electrons. The van der Waals surface area contributed by atoms with Crippen molar-refractivity contribution in [3.05, 3.63) is 64.0 Å². The number of fused-ring (bicyclic) bond motifs is 5. The predicted octanol–water partition coefficient (Wildman–Crippen LogP) is 3.20. The Morgan fingerprint density at radius 3 is 2.67 bits per heavy atom. The predicted molar refractivity (Wildman–Crippen MR) is 103 cm³/mol. The molecule has 0 bridgehead atoms. The lowest BCUT2D eigenvalue weighted by Crippen LogP contribution is -2.18. The molecule has 5 heteroatoms. The maximum Gasteiger partial charge on any atom is 0.254 e. The van der Waals surface area contributed by atoms with Gasteiger partial charge in [-0.25, -0.2) is 0 Å². The second-order valence-electron chi connectivity index (χ2n) is 7.50. The quantitative estimate of drug-likeness (QED) is 0.701. The maximum atomic E-state index is 12.8. The first-order valence-corrected chi connectivity index (χ1v) is 9.24. The lowest BCUT2D eigenvalue weighted by Gasteiger charge is -2.25. The molecule has 2 heterocycles. The van der Waals surface area contributed by atoms with Crippen LogP contribution in [-0.2, 0) is 19.9 Å². The van der Waals surface area contributed by atoms with Crippen molar-refractivity contribution in [2.75, 3.05) is 0 Å². The normalized spacial score (nSPS) is 17.3. The fourth-order valence-corrected chi connectivity index (χ4v) is 4.71. The average Bonchev–Trinajstić information content (AvgIpc) is 3.15. The van der Waals surface area contributed by atoms with Crippen molar-refractivity contribution in [2.24, 2.45) is 7.05 Å². The molecular formula is C22H21N3O2. The molecule has 2 aromatic carbocycles. The minimum Gasteiger partial charge on any atom is -0.369 e. The molecule has 1 unspecified atom stereocenters. The molecule has 0 saturated heterocycles. The van der Waals surface area contributed by atoms with Gasteiger partial charge in [0.05, 0.1) is 11.3 Å². The van der Waals surface area contributed by atoms with Gasteiger partial charge in [-0.15, -0.1) is 0 Å². The van der Waals surface area contributed by atoms with E-state index in [0.29, 0.717) is 11.1 Å². The smallest absolute Gasteiger partial charge is 0.254 e. The second kappa shape index (κ2) is 5.54. The van der Waals surface area contributed by atoms with E-state index in [1.165, 1.54) is 5.56 Å². The van der Waals surface area contributed by atoms with Crippen molar-refractivity contribution in [2.45, 2.75) is 32.9 Å². The molecule has 3 aromatic rings. The zero-order chi connectivity index (χ0) is 18.9. The third-order valence-electron chi connectivity index (χ3n) is 5.89. The van der Waals surface area contributed by atoms with Gasteiger partial charge in [0.25, 0.3) is 5.91 Å². The minimum atomic E-state index is -0.992. The third kappa shape index (κ3) is 2.15. The van der Waals surface area contributed by atoms with Crippen molar-refractivity contribution in [3.63, 3.8) is 0 Å². The molecule has 0 spiro atoms. The Balaban J connectivity index is 1.93. The number of hydrogen-bond acceptors (Lipinski definition) is 3. The fraction of sp³-hybridized carbons (Fsp3) is 0.273. The third-order valence-corrected chi connectivity index (χ3v) is 5.89. The van der Waals surface area contributed by atoms with E-state index in [9.17, 15) is 9.90 Å². The van der Waals surface area contributed by atoms with Crippen LogP contribution in [0.2, 0.25) is 0 Å². The Morgan fingerprint density at radius 2 is 1.89 bits per heavy atom. The van der Waals surface area contributed by atoms with Crippen LogP contribution in [0.5, 0.6) is 0 Å². The number of carbonyl (C=O) groups excluding carboxylic acids is 1. The van der Waals surface area contributed by atoms with Gasteiger partial charge in [0.15, 0.2) is 6.23 Å². The molecule has 27 heavy (non-hydrogen) atoms. The number of nitrogens with zero attached hydrogens (tertiary/aromatic N) is 2. The van der Waals surface area contributed by atoms with Crippen LogP contribution in [0.25, 0.3) is 22.3 Å². The van der Waals surface area contributed by atoms with Gasteiger partial charge in [-0.05, 0) is 54.5 Å². The number of aromatic nitrogens is 2. The van der Waals surface area contributed by atoms with E-state index in [0.717, 1.165) is 51.9 Å². The van der Waals surface area contributed by atoms with Gasteiger partial charge in [0.2, 0.25) is 0 Å². The Hall–Kier alpha value is -2.92. The summed E-state index contributed by atoms with van der Waals surface area (Å²) in [5.74, 6) is -0.208. The highest BCUT2D eigenvalue weighted by atomic mass is 16.3. The van der Waals surface area contributed by atoms with Crippen molar-refractivity contribution >= 4 is 5.91 Å². The summed E-state index contributed by atoms with van der Waals surface area (Å²) < 4.78 is 1.81. The molecule has 5 nitrogen and oxygen atoms in total. The summed E-state index contributed by atoms with van der Waals surface area (Å²) in [5.41, 5.74) is 9.80. The van der Waals surface area contributed by atoms with Crippen molar-refractivity contribution in [1.29, 1.82) is 0 Å². The summed E-state index contributed by atoms with van der Waals surface area (Å²) in [5, 5.41) is 18.0. The molecule has 0 saturated carbocycles. The SMILES string of the molecule is Cc1ccccc1-c1c(C)c2c(c3c1C(O)NC3=O)-c1cn(C)nc1CC2. The first kappa shape index (κ1) is 16.3. The van der Waals surface area contributed by atoms with E-state index in [4.69, 9.17) is 0 Å². The number of benzene rings is 2. The van der Waals surface area contributed by atoms with Crippen molar-refractivity contribution in [3.8, 4) is 22.3 Å². The van der Waals surface area contributed by atoms with Crippen LogP contribution in [0.15, 0.2) is 30.5 Å². The highest BCUT2D eigenvalue weighted by Crippen LogP contribution is 2.47. The zero-order valence-corrected chi connectivity index (χ0v) is 15.6. The first-order valence-electron chi connectivity index (χ1n) is 9.24. The van der Waals surface area contributed by atoms with E-state index in [1.807, 2.05) is 25.4 Å². The highest BCUT2D eigenvalue weighted by Gasteiger charge is 2.38. The molecule has 1 atom stereocenters. The molecular weight excluding hydrogens is 338 g/mol. The summed E-state index contributed by atoms with van der Waals surface area (Å²) in [4.78, 5) is 12.8. The lowest BCUT2D eigenvalue weighted by molar-refractivity contribution is 0.0851. The highest BCUT2D eigenvalue weighted by molar-refractivity contribution is 6.09. The molecule has 1 aliphatic carbocycles. The van der Waals surface area contributed by atoms with Crippen LogP contribution in [0.1, 0.15) is 44.5 Å². The van der Waals surface area contributed by atoms with Crippen LogP contribution < -0.4 is 5.32 Å². The first-order chi connectivity index (χ1) is 13.0. The molecule has 0 radical (unpaired) electrons. The van der Waals surface area contributed by atoms with Gasteiger partial charge < -0.3 is 10.4 Å². The molecule has 2 N–H and O–H groups in total. The second-order valence-corrected chi connectivity index (χ2v) is 7.50. The van der Waals surface area contributed by atoms with Crippen LogP contribution >= 0.6 is 0 Å². The number of aryl methyl sites for hydroxylation is 3. The van der Waals surface area contributed by atoms with Gasteiger partial charge in [-0.3, -0.25) is 9.48 Å². The van der Waals surface area contributed by atoms with Crippen LogP contribution in [-0.4, -0.2) is 20.8 Å². The molecule has 5 rings (SSSR count). The van der Waals surface area contributed by atoms with Crippen LogP contribution in [0.4, 0.5) is 0 Å². The Kier molecular flexibility index (Phi) is 3.34. The van der Waals surface area contributed by atoms with Crippen LogP contribution in [0.3, 0.4) is 0 Å². The summed E-state index contributed by atoms with van der Waals surface area (Å²) in [7, 11) is 1.90. The molecule has 1 aliphatic heterocycles. The molecule has 2 aliphatic rings. The Labute approximate surface area is 157 Å². The molecule has 0 fully saturated rings. The van der Waals surface area contributed by atoms with Gasteiger partial charge in [0.1, 0.15) is 0 Å². The van der Waals surface area contributed by atoms with E-state index in [1.54, 1.807) is 4.68 Å². The summed E-state index contributed by atoms with van der Waals surface area (Å²) in [6.07, 6.45) is 2.70. The largest absolute Gasteiger partial charge is 0.369 e. The van der Waals surface area contributed by atoms with Gasteiger partial charge >= 0.3 is 0 Å². The molecule has 1 amide bonds. The minimum absolute atomic E-state index is 0.208. The monoisotopic (exact) mass is 359 g/mol. The van der Waals surface area contributed by atoms with Gasteiger partial charge in [0, 0.05) is 29.9 Å². The van der Waals surface area contributed by atoms with Gasteiger partial charge in [-0.2, -0.15) is 5.10 Å². The lowest BCUT2D eigenvalue weighted by atomic mass is 9.77. The topological polar surface area (TPSA) is 67.2 Å². The maximum absolute atomic E-state index is 12.8. The number of aliphatic hydroxyl groups is 1. The number of aliphatic hydroxyl groups excluding tert-OH is 1. The summed E-state index contributed by atoms with van der Waals surface area (Å²) in [6, 6.07) is 8.15. The number of carbonyl (C=O) groups is 1. The molecule has 1 aromatic heterocycles. The van der Waals surface area contributed by atoms with E-state index >= 15 is 0 Å². The Morgan fingerprint density at radius 1 is 1.11 bits per heavy atom. The van der Waals surface area contributed by atoms with E-state index < -0.39 is 6.23 Å². The summed E-state index contributed by atoms with van der Waals surface area (Å²) in [6.45, 7) is 4.17. The fourth-order valence-electron chi connectivity index (χ4n) is 4.71. The van der Waals surface area contributed by atoms with Gasteiger partial charge in [-0.1, -0.05) is 24.3 Å². The van der Waals surface area contributed by atoms with Crippen molar-refractivity contribution in [1.82, 2.24) is 15.1 Å². The summed E-state index contributed by atoms with van der Waals surface area (Å²) >= 11 is 0. The Bertz CT molecular complexity index is 1130. The zero-order valence-electron chi connectivity index (χ0n) is 15.6. The van der Waals surface area contributed by atoms with E-state index in [2.05, 4.69) is 36.4 Å².